The molecule has 3 aromatic carbocycles. The number of imide groups is 1. The molecule has 1 aliphatic rings. The summed E-state index contributed by atoms with van der Waals surface area (Å²) in [5.41, 5.74) is 0.493. The molecule has 0 unspecified atom stereocenters. The summed E-state index contributed by atoms with van der Waals surface area (Å²) in [5, 5.41) is 10.5. The van der Waals surface area contributed by atoms with Crippen molar-refractivity contribution < 1.29 is 33.7 Å². The minimum Gasteiger partial charge on any atom is -0.493 e. The number of carbonyl (C=O) groups is 3. The first-order valence-corrected chi connectivity index (χ1v) is 11.6. The normalized spacial score (nSPS) is 14.6. The highest BCUT2D eigenvalue weighted by atomic mass is 35.5. The zero-order valence-electron chi connectivity index (χ0n) is 18.5. The molecule has 0 spiro atoms. The van der Waals surface area contributed by atoms with Gasteiger partial charge < -0.3 is 19.3 Å². The Hall–Kier alpha value is -3.69. The molecule has 1 aliphatic heterocycles. The number of methoxy groups -OCH3 is 1. The number of ether oxygens (including phenoxy) is 3. The van der Waals surface area contributed by atoms with Crippen LogP contribution in [0.3, 0.4) is 0 Å². The summed E-state index contributed by atoms with van der Waals surface area (Å²) in [6.45, 7) is -0.346. The van der Waals surface area contributed by atoms with Gasteiger partial charge in [0.05, 0.1) is 23.6 Å². The van der Waals surface area contributed by atoms with Gasteiger partial charge in [-0.15, -0.1) is 0 Å². The molecule has 2 amide bonds. The van der Waals surface area contributed by atoms with E-state index in [0.717, 1.165) is 27.4 Å². The van der Waals surface area contributed by atoms with Crippen molar-refractivity contribution >= 4 is 57.3 Å². The van der Waals surface area contributed by atoms with Crippen molar-refractivity contribution in [2.75, 3.05) is 26.9 Å². The zero-order valence-corrected chi connectivity index (χ0v) is 20.1. The number of rotatable bonds is 9. The van der Waals surface area contributed by atoms with E-state index in [-0.39, 0.29) is 34.6 Å². The maximum absolute atomic E-state index is 12.9. The Bertz CT molecular complexity index is 1340. The summed E-state index contributed by atoms with van der Waals surface area (Å²) in [6, 6.07) is 16.5. The molecule has 0 aliphatic carbocycles. The van der Waals surface area contributed by atoms with E-state index < -0.39 is 23.7 Å². The van der Waals surface area contributed by atoms with Crippen molar-refractivity contribution in [3.8, 4) is 17.2 Å². The number of nitrogens with zero attached hydrogens (tertiary/aromatic N) is 1. The number of aliphatic carboxylic acids is 1. The number of fused-ring (bicyclic) bond motifs is 1. The maximum atomic E-state index is 12.9. The van der Waals surface area contributed by atoms with Gasteiger partial charge in [-0.25, -0.2) is 4.79 Å². The molecule has 1 fully saturated rings. The number of amides is 2. The van der Waals surface area contributed by atoms with Crippen LogP contribution in [0.15, 0.2) is 59.5 Å². The summed E-state index contributed by atoms with van der Waals surface area (Å²) in [5.74, 6) is -0.647. The molecule has 8 nitrogen and oxygen atoms in total. The van der Waals surface area contributed by atoms with Crippen LogP contribution in [-0.4, -0.2) is 54.0 Å². The molecule has 0 atom stereocenters. The van der Waals surface area contributed by atoms with Crippen LogP contribution in [0.5, 0.6) is 17.2 Å². The van der Waals surface area contributed by atoms with Gasteiger partial charge in [-0.05, 0) is 47.0 Å². The highest BCUT2D eigenvalue weighted by Crippen LogP contribution is 2.39. The third-order valence-corrected chi connectivity index (χ3v) is 6.27. The molecule has 1 N–H and O–H groups in total. The van der Waals surface area contributed by atoms with Crippen LogP contribution >= 0.6 is 23.4 Å². The SMILES string of the molecule is COc1cc(/C=C2\SC(=O)N(CCOc3cccc4ccccc34)C2=O)cc(Cl)c1OCC(=O)O. The maximum Gasteiger partial charge on any atom is 0.341 e. The summed E-state index contributed by atoms with van der Waals surface area (Å²) in [4.78, 5) is 37.5. The summed E-state index contributed by atoms with van der Waals surface area (Å²) >= 11 is 7.04. The van der Waals surface area contributed by atoms with Gasteiger partial charge in [0.15, 0.2) is 18.1 Å². The first-order chi connectivity index (χ1) is 16.9. The summed E-state index contributed by atoms with van der Waals surface area (Å²) < 4.78 is 16.3. The van der Waals surface area contributed by atoms with Crippen LogP contribution in [0.25, 0.3) is 16.8 Å². The van der Waals surface area contributed by atoms with Crippen molar-refractivity contribution in [2.45, 2.75) is 0 Å². The van der Waals surface area contributed by atoms with E-state index in [1.165, 1.54) is 19.3 Å². The largest absolute Gasteiger partial charge is 0.493 e. The lowest BCUT2D eigenvalue weighted by atomic mass is 10.1. The third-order valence-electron chi connectivity index (χ3n) is 5.09. The molecule has 0 radical (unpaired) electrons. The minimum atomic E-state index is -1.16. The monoisotopic (exact) mass is 513 g/mol. The zero-order chi connectivity index (χ0) is 24.9. The van der Waals surface area contributed by atoms with Crippen LogP contribution in [0.1, 0.15) is 5.56 Å². The lowest BCUT2D eigenvalue weighted by Crippen LogP contribution is -2.32. The van der Waals surface area contributed by atoms with E-state index in [1.807, 2.05) is 42.5 Å². The van der Waals surface area contributed by atoms with E-state index in [2.05, 4.69) is 0 Å². The van der Waals surface area contributed by atoms with Gasteiger partial charge in [-0.1, -0.05) is 48.0 Å². The lowest BCUT2D eigenvalue weighted by Gasteiger charge is -2.14. The molecule has 10 heteroatoms. The molecular formula is C25H20ClNO7S. The topological polar surface area (TPSA) is 102 Å². The fourth-order valence-corrected chi connectivity index (χ4v) is 4.65. The third kappa shape index (κ3) is 5.52. The molecule has 3 aromatic rings. The van der Waals surface area contributed by atoms with Gasteiger partial charge in [-0.3, -0.25) is 14.5 Å². The van der Waals surface area contributed by atoms with Gasteiger partial charge >= 0.3 is 5.97 Å². The molecule has 35 heavy (non-hydrogen) atoms. The van der Waals surface area contributed by atoms with Gasteiger partial charge in [0.1, 0.15) is 12.4 Å². The average molecular weight is 514 g/mol. The molecule has 0 aromatic heterocycles. The quantitative estimate of drug-likeness (QED) is 0.395. The molecular weight excluding hydrogens is 494 g/mol. The number of thioether (sulfide) groups is 1. The first kappa shape index (κ1) is 24.4. The van der Waals surface area contributed by atoms with E-state index in [9.17, 15) is 14.4 Å². The second-order valence-electron chi connectivity index (χ2n) is 7.38. The Kier molecular flexibility index (Phi) is 7.48. The van der Waals surface area contributed by atoms with E-state index in [1.54, 1.807) is 6.07 Å². The number of benzene rings is 3. The standard InChI is InChI=1S/C25H20ClNO7S/c1-32-20-12-15(11-18(26)23(20)34-14-22(28)29)13-21-24(30)27(25(31)35-21)9-10-33-19-8-4-6-16-5-2-3-7-17(16)19/h2-8,11-13H,9-10,14H2,1H3,(H,28,29)/b21-13-. The molecule has 1 saturated heterocycles. The highest BCUT2D eigenvalue weighted by molar-refractivity contribution is 8.18. The fraction of sp³-hybridized carbons (Fsp3) is 0.160. The van der Waals surface area contributed by atoms with Gasteiger partial charge in [-0.2, -0.15) is 0 Å². The smallest absolute Gasteiger partial charge is 0.341 e. The van der Waals surface area contributed by atoms with Crippen LogP contribution in [0.4, 0.5) is 4.79 Å². The molecule has 0 saturated carbocycles. The van der Waals surface area contributed by atoms with Crippen LogP contribution in [0.2, 0.25) is 5.02 Å². The fourth-order valence-electron chi connectivity index (χ4n) is 3.51. The molecule has 0 bridgehead atoms. The molecule has 1 heterocycles. The van der Waals surface area contributed by atoms with Crippen LogP contribution in [0, 0.1) is 0 Å². The van der Waals surface area contributed by atoms with E-state index >= 15 is 0 Å². The van der Waals surface area contributed by atoms with Gasteiger partial charge in [0.2, 0.25) is 0 Å². The van der Waals surface area contributed by atoms with Crippen molar-refractivity contribution in [1.29, 1.82) is 0 Å². The number of hydrogen-bond acceptors (Lipinski definition) is 7. The molecule has 4 rings (SSSR count). The Morgan fingerprint density at radius 1 is 1.09 bits per heavy atom. The number of carboxylic acid groups (broad SMARTS) is 1. The lowest BCUT2D eigenvalue weighted by molar-refractivity contribution is -0.139. The number of carboxylic acids is 1. The predicted octanol–water partition coefficient (Wildman–Crippen LogP) is 5.08. The minimum absolute atomic E-state index is 0.0763. The Morgan fingerprint density at radius 3 is 2.63 bits per heavy atom. The van der Waals surface area contributed by atoms with E-state index in [0.29, 0.717) is 11.3 Å². The first-order valence-electron chi connectivity index (χ1n) is 10.5. The second kappa shape index (κ2) is 10.7. The molecule has 180 valence electrons. The van der Waals surface area contributed by atoms with Crippen molar-refractivity contribution in [1.82, 2.24) is 4.90 Å². The number of carbonyl (C=O) groups excluding carboxylic acids is 2. The van der Waals surface area contributed by atoms with Crippen LogP contribution < -0.4 is 14.2 Å². The number of halogens is 1. The Balaban J connectivity index is 1.46. The van der Waals surface area contributed by atoms with Crippen LogP contribution in [-0.2, 0) is 9.59 Å². The predicted molar refractivity (Wildman–Crippen MR) is 133 cm³/mol. The van der Waals surface area contributed by atoms with E-state index in [4.69, 9.17) is 30.9 Å². The Morgan fingerprint density at radius 2 is 1.86 bits per heavy atom. The van der Waals surface area contributed by atoms with Gasteiger partial charge in [0, 0.05) is 5.39 Å². The number of hydrogen-bond donors (Lipinski definition) is 1. The summed E-state index contributed by atoms with van der Waals surface area (Å²) in [6.07, 6.45) is 1.52. The van der Waals surface area contributed by atoms with Crippen molar-refractivity contribution in [3.63, 3.8) is 0 Å². The van der Waals surface area contributed by atoms with Crippen molar-refractivity contribution in [3.05, 3.63) is 70.1 Å². The second-order valence-corrected chi connectivity index (χ2v) is 8.78. The Labute approximate surface area is 210 Å². The highest BCUT2D eigenvalue weighted by Gasteiger charge is 2.35. The average Bonchev–Trinajstić information content (AvgIpc) is 3.10. The van der Waals surface area contributed by atoms with Gasteiger partial charge in [0.25, 0.3) is 11.1 Å². The summed E-state index contributed by atoms with van der Waals surface area (Å²) in [7, 11) is 1.38. The van der Waals surface area contributed by atoms with Crippen molar-refractivity contribution in [2.24, 2.45) is 0 Å².